The molecule has 1 aliphatic rings. The van der Waals surface area contributed by atoms with Crippen LogP contribution in [0.4, 0.5) is 15.8 Å². The van der Waals surface area contributed by atoms with Crippen molar-refractivity contribution in [2.75, 3.05) is 23.7 Å². The molecule has 1 heterocycles. The fourth-order valence-electron chi connectivity index (χ4n) is 3.32. The third-order valence-electron chi connectivity index (χ3n) is 4.88. The summed E-state index contributed by atoms with van der Waals surface area (Å²) in [4.78, 5) is 27.1. The normalized spacial score (nSPS) is 18.5. The zero-order valence-electron chi connectivity index (χ0n) is 15.3. The third kappa shape index (κ3) is 5.14. The first-order chi connectivity index (χ1) is 13.0. The quantitative estimate of drug-likeness (QED) is 0.848. The van der Waals surface area contributed by atoms with Crippen LogP contribution in [0.15, 0.2) is 54.6 Å². The first kappa shape index (κ1) is 19.0. The van der Waals surface area contributed by atoms with Crippen LogP contribution in [0.1, 0.15) is 19.8 Å². The highest BCUT2D eigenvalue weighted by Gasteiger charge is 2.31. The number of hydrogen-bond acceptors (Lipinski definition) is 3. The molecule has 0 aromatic heterocycles. The highest BCUT2D eigenvalue weighted by atomic mass is 19.1. The van der Waals surface area contributed by atoms with Gasteiger partial charge in [0.15, 0.2) is 0 Å². The second-order valence-electron chi connectivity index (χ2n) is 6.86. The van der Waals surface area contributed by atoms with E-state index in [1.54, 1.807) is 12.1 Å². The van der Waals surface area contributed by atoms with Crippen LogP contribution in [0, 0.1) is 11.7 Å². The molecule has 2 aromatic rings. The summed E-state index contributed by atoms with van der Waals surface area (Å²) in [5, 5.41) is 5.68. The van der Waals surface area contributed by atoms with Crippen molar-refractivity contribution in [3.8, 4) is 0 Å². The maximum absolute atomic E-state index is 13.3. The lowest BCUT2D eigenvalue weighted by molar-refractivity contribution is -0.125. The van der Waals surface area contributed by atoms with Crippen LogP contribution >= 0.6 is 0 Å². The van der Waals surface area contributed by atoms with Crippen LogP contribution in [0.25, 0.3) is 0 Å². The van der Waals surface area contributed by atoms with E-state index in [0.29, 0.717) is 12.2 Å². The highest BCUT2D eigenvalue weighted by Crippen LogP contribution is 2.21. The van der Waals surface area contributed by atoms with Gasteiger partial charge in [0.2, 0.25) is 11.8 Å². The average Bonchev–Trinajstić information content (AvgIpc) is 2.68. The van der Waals surface area contributed by atoms with Gasteiger partial charge in [-0.1, -0.05) is 24.3 Å². The Morgan fingerprint density at radius 3 is 2.56 bits per heavy atom. The van der Waals surface area contributed by atoms with Crippen molar-refractivity contribution in [1.29, 1.82) is 0 Å². The number of likely N-dealkylation sites (tertiary alicyclic amines) is 1. The monoisotopic (exact) mass is 369 g/mol. The minimum atomic E-state index is -0.402. The van der Waals surface area contributed by atoms with Gasteiger partial charge in [-0.3, -0.25) is 14.5 Å². The van der Waals surface area contributed by atoms with E-state index in [1.165, 1.54) is 12.1 Å². The summed E-state index contributed by atoms with van der Waals surface area (Å²) in [5.74, 6) is -0.784. The second-order valence-corrected chi connectivity index (χ2v) is 6.86. The molecule has 0 saturated carbocycles. The van der Waals surface area contributed by atoms with E-state index in [4.69, 9.17) is 0 Å². The molecule has 2 atom stereocenters. The van der Waals surface area contributed by atoms with Gasteiger partial charge >= 0.3 is 0 Å². The van der Waals surface area contributed by atoms with Gasteiger partial charge in [-0.2, -0.15) is 0 Å². The largest absolute Gasteiger partial charge is 0.326 e. The minimum absolute atomic E-state index is 0.0244. The van der Waals surface area contributed by atoms with Crippen LogP contribution in [0.5, 0.6) is 0 Å². The van der Waals surface area contributed by atoms with E-state index in [9.17, 15) is 14.0 Å². The molecule has 1 aliphatic heterocycles. The fourth-order valence-corrected chi connectivity index (χ4v) is 3.32. The average molecular weight is 369 g/mol. The lowest BCUT2D eigenvalue weighted by atomic mass is 9.95. The third-order valence-corrected chi connectivity index (χ3v) is 4.88. The summed E-state index contributed by atoms with van der Waals surface area (Å²) < 4.78 is 13.3. The maximum atomic E-state index is 13.3. The highest BCUT2D eigenvalue weighted by molar-refractivity contribution is 5.95. The number of carbonyl (C=O) groups excluding carboxylic acids is 2. The Balaban J connectivity index is 1.57. The predicted octanol–water partition coefficient (Wildman–Crippen LogP) is 3.50. The van der Waals surface area contributed by atoms with Gasteiger partial charge < -0.3 is 10.6 Å². The van der Waals surface area contributed by atoms with E-state index >= 15 is 0 Å². The molecular weight excluding hydrogens is 345 g/mol. The van der Waals surface area contributed by atoms with E-state index in [0.717, 1.165) is 25.1 Å². The zero-order valence-corrected chi connectivity index (χ0v) is 15.3. The molecule has 0 unspecified atom stereocenters. The smallest absolute Gasteiger partial charge is 0.241 e. The Morgan fingerprint density at radius 1 is 1.07 bits per heavy atom. The minimum Gasteiger partial charge on any atom is -0.326 e. The molecule has 2 aromatic carbocycles. The molecule has 6 heteroatoms. The van der Waals surface area contributed by atoms with E-state index in [2.05, 4.69) is 10.6 Å². The number of rotatable bonds is 5. The molecule has 142 valence electrons. The Kier molecular flexibility index (Phi) is 6.19. The number of hydrogen-bond donors (Lipinski definition) is 2. The van der Waals surface area contributed by atoms with Crippen molar-refractivity contribution in [3.05, 3.63) is 60.4 Å². The van der Waals surface area contributed by atoms with Crippen LogP contribution in [-0.4, -0.2) is 35.8 Å². The van der Waals surface area contributed by atoms with Gasteiger partial charge in [-0.25, -0.2) is 4.39 Å². The summed E-state index contributed by atoms with van der Waals surface area (Å²) in [5.41, 5.74) is 1.21. The molecule has 5 nitrogen and oxygen atoms in total. The predicted molar refractivity (Wildman–Crippen MR) is 104 cm³/mol. The van der Waals surface area contributed by atoms with Gasteiger partial charge in [0.05, 0.1) is 12.0 Å². The molecule has 1 fully saturated rings. The number of nitrogens with zero attached hydrogens (tertiary/aromatic N) is 1. The second kappa shape index (κ2) is 8.77. The number of carbonyl (C=O) groups is 2. The summed E-state index contributed by atoms with van der Waals surface area (Å²) in [6.07, 6.45) is 1.65. The Bertz CT molecular complexity index is 797. The van der Waals surface area contributed by atoms with Crippen molar-refractivity contribution >= 4 is 23.2 Å². The molecule has 0 bridgehead atoms. The van der Waals surface area contributed by atoms with Crippen LogP contribution in [-0.2, 0) is 9.59 Å². The number of para-hydroxylation sites is 1. The molecule has 3 rings (SSSR count). The topological polar surface area (TPSA) is 61.4 Å². The Hall–Kier alpha value is -2.73. The van der Waals surface area contributed by atoms with Crippen molar-refractivity contribution in [3.63, 3.8) is 0 Å². The summed E-state index contributed by atoms with van der Waals surface area (Å²) in [6.45, 7) is 3.09. The molecule has 27 heavy (non-hydrogen) atoms. The Labute approximate surface area is 158 Å². The van der Waals surface area contributed by atoms with Gasteiger partial charge in [0.25, 0.3) is 0 Å². The van der Waals surface area contributed by atoms with E-state index in [-0.39, 0.29) is 17.7 Å². The van der Waals surface area contributed by atoms with Crippen molar-refractivity contribution < 1.29 is 14.0 Å². The molecule has 0 aliphatic carbocycles. The lowest BCUT2D eigenvalue weighted by Crippen LogP contribution is -2.49. The molecule has 0 radical (unpaired) electrons. The number of halogens is 1. The van der Waals surface area contributed by atoms with Gasteiger partial charge in [0.1, 0.15) is 5.82 Å². The molecule has 2 amide bonds. The van der Waals surface area contributed by atoms with Gasteiger partial charge in [0, 0.05) is 17.9 Å². The van der Waals surface area contributed by atoms with Gasteiger partial charge in [-0.15, -0.1) is 0 Å². The number of amides is 2. The summed E-state index contributed by atoms with van der Waals surface area (Å²) in [6, 6.07) is 14.8. The first-order valence-electron chi connectivity index (χ1n) is 9.19. The van der Waals surface area contributed by atoms with Crippen molar-refractivity contribution in [2.45, 2.75) is 25.8 Å². The van der Waals surface area contributed by atoms with E-state index < -0.39 is 11.9 Å². The van der Waals surface area contributed by atoms with E-state index in [1.807, 2.05) is 42.2 Å². The fraction of sp³-hybridized carbons (Fsp3) is 0.333. The van der Waals surface area contributed by atoms with Crippen molar-refractivity contribution in [1.82, 2.24) is 4.90 Å². The maximum Gasteiger partial charge on any atom is 0.241 e. The summed E-state index contributed by atoms with van der Waals surface area (Å²) in [7, 11) is 0. The summed E-state index contributed by atoms with van der Waals surface area (Å²) >= 11 is 0. The lowest BCUT2D eigenvalue weighted by Gasteiger charge is -2.35. The van der Waals surface area contributed by atoms with Crippen LogP contribution in [0.3, 0.4) is 0 Å². The van der Waals surface area contributed by atoms with Gasteiger partial charge in [-0.05, 0) is 56.6 Å². The number of nitrogens with one attached hydrogen (secondary N) is 2. The Morgan fingerprint density at radius 2 is 1.81 bits per heavy atom. The number of piperidine rings is 1. The molecule has 2 N–H and O–H groups in total. The van der Waals surface area contributed by atoms with Crippen LogP contribution < -0.4 is 10.6 Å². The molecule has 0 spiro atoms. The molecule has 1 saturated heterocycles. The molecular formula is C21H24FN3O2. The van der Waals surface area contributed by atoms with Crippen molar-refractivity contribution in [2.24, 2.45) is 5.92 Å². The standard InChI is InChI=1S/C21H24FN3O2/c1-15(20(26)24-19-11-5-8-17(22)13-19)25-12-6-7-16(14-25)21(27)23-18-9-3-2-4-10-18/h2-5,8-11,13,15-16H,6-7,12,14H2,1H3,(H,23,27)(H,24,26)/t15-,16-/m1/s1. The SMILES string of the molecule is C[C@H](C(=O)Nc1cccc(F)c1)N1CCC[C@@H](C(=O)Nc2ccccc2)C1. The van der Waals surface area contributed by atoms with Crippen LogP contribution in [0.2, 0.25) is 0 Å². The number of anilines is 2. The number of benzene rings is 2. The first-order valence-corrected chi connectivity index (χ1v) is 9.19. The zero-order chi connectivity index (χ0) is 19.2.